The normalized spacial score (nSPS) is 12.6. The molecule has 1 rings (SSSR count). The highest BCUT2D eigenvalue weighted by molar-refractivity contribution is 5.48. The van der Waals surface area contributed by atoms with Gasteiger partial charge in [0.1, 0.15) is 0 Å². The predicted molar refractivity (Wildman–Crippen MR) is 88.0 cm³/mol. The molecule has 0 aliphatic carbocycles. The van der Waals surface area contributed by atoms with Gasteiger partial charge < -0.3 is 24.6 Å². The smallest absolute Gasteiger partial charge is 0.207 e. The number of amides is 1. The number of benzene rings is 1. The lowest BCUT2D eigenvalue weighted by Gasteiger charge is -2.29. The molecule has 6 nitrogen and oxygen atoms in total. The van der Waals surface area contributed by atoms with Crippen LogP contribution in [-0.2, 0) is 16.0 Å². The standard InChI is InChI=1S/C17H27NO5/c1-17(2,20)16(18-12-19)11-13-6-7-14(22-4)15(10-13)23-9-5-8-21-3/h6-7,10,12,16,20H,5,8-9,11H2,1-4H3,(H,18,19). The lowest BCUT2D eigenvalue weighted by molar-refractivity contribution is -0.111. The summed E-state index contributed by atoms with van der Waals surface area (Å²) in [6.45, 7) is 4.49. The van der Waals surface area contributed by atoms with Gasteiger partial charge in [-0.05, 0) is 38.0 Å². The molecule has 0 fully saturated rings. The molecule has 23 heavy (non-hydrogen) atoms. The first-order valence-electron chi connectivity index (χ1n) is 7.63. The van der Waals surface area contributed by atoms with Crippen LogP contribution in [-0.4, -0.2) is 50.6 Å². The molecule has 2 N–H and O–H groups in total. The first-order valence-corrected chi connectivity index (χ1v) is 7.63. The van der Waals surface area contributed by atoms with Gasteiger partial charge in [0.2, 0.25) is 6.41 Å². The zero-order valence-corrected chi connectivity index (χ0v) is 14.3. The van der Waals surface area contributed by atoms with Crippen molar-refractivity contribution in [2.24, 2.45) is 0 Å². The lowest BCUT2D eigenvalue weighted by Crippen LogP contribution is -2.47. The minimum atomic E-state index is -1.03. The monoisotopic (exact) mass is 325 g/mol. The summed E-state index contributed by atoms with van der Waals surface area (Å²) in [6, 6.07) is 5.20. The van der Waals surface area contributed by atoms with Gasteiger partial charge in [-0.25, -0.2) is 0 Å². The fourth-order valence-electron chi connectivity index (χ4n) is 2.18. The van der Waals surface area contributed by atoms with Crippen LogP contribution in [0.4, 0.5) is 0 Å². The number of nitrogens with one attached hydrogen (secondary N) is 1. The Kier molecular flexibility index (Phi) is 7.85. The molecular weight excluding hydrogens is 298 g/mol. The van der Waals surface area contributed by atoms with Crippen molar-refractivity contribution in [1.29, 1.82) is 0 Å². The van der Waals surface area contributed by atoms with Crippen LogP contribution in [0, 0.1) is 0 Å². The average Bonchev–Trinajstić information content (AvgIpc) is 2.50. The summed E-state index contributed by atoms with van der Waals surface area (Å²) in [7, 11) is 3.24. The Morgan fingerprint density at radius 2 is 2.00 bits per heavy atom. The molecule has 6 heteroatoms. The Bertz CT molecular complexity index is 484. The number of carbonyl (C=O) groups excluding carboxylic acids is 1. The summed E-state index contributed by atoms with van der Waals surface area (Å²) in [4.78, 5) is 10.7. The third-order valence-electron chi connectivity index (χ3n) is 3.54. The van der Waals surface area contributed by atoms with E-state index in [9.17, 15) is 9.90 Å². The molecule has 0 radical (unpaired) electrons. The fraction of sp³-hybridized carbons (Fsp3) is 0.588. The minimum Gasteiger partial charge on any atom is -0.493 e. The maximum absolute atomic E-state index is 10.7. The Hall–Kier alpha value is -1.79. The van der Waals surface area contributed by atoms with Crippen LogP contribution >= 0.6 is 0 Å². The van der Waals surface area contributed by atoms with Crippen molar-refractivity contribution in [1.82, 2.24) is 5.32 Å². The Labute approximate surface area is 137 Å². The second-order valence-electron chi connectivity index (χ2n) is 5.87. The number of carbonyl (C=O) groups is 1. The molecule has 0 aliphatic rings. The van der Waals surface area contributed by atoms with Crippen LogP contribution in [0.1, 0.15) is 25.8 Å². The SMILES string of the molecule is COCCCOc1cc(CC(NC=O)C(C)(C)O)ccc1OC. The molecule has 130 valence electrons. The van der Waals surface area contributed by atoms with E-state index in [1.807, 2.05) is 18.2 Å². The summed E-state index contributed by atoms with van der Waals surface area (Å²) >= 11 is 0. The summed E-state index contributed by atoms with van der Waals surface area (Å²) in [5.74, 6) is 1.29. The van der Waals surface area contributed by atoms with E-state index < -0.39 is 11.6 Å². The van der Waals surface area contributed by atoms with Gasteiger partial charge in [0.15, 0.2) is 11.5 Å². The van der Waals surface area contributed by atoms with Crippen LogP contribution in [0.2, 0.25) is 0 Å². The zero-order valence-electron chi connectivity index (χ0n) is 14.3. The van der Waals surface area contributed by atoms with E-state index in [4.69, 9.17) is 14.2 Å². The van der Waals surface area contributed by atoms with E-state index >= 15 is 0 Å². The zero-order chi connectivity index (χ0) is 17.3. The topological polar surface area (TPSA) is 77.0 Å². The van der Waals surface area contributed by atoms with Crippen molar-refractivity contribution in [3.8, 4) is 11.5 Å². The van der Waals surface area contributed by atoms with Crippen LogP contribution in [0.25, 0.3) is 0 Å². The minimum absolute atomic E-state index is 0.394. The number of rotatable bonds is 11. The highest BCUT2D eigenvalue weighted by Gasteiger charge is 2.26. The maximum Gasteiger partial charge on any atom is 0.207 e. The van der Waals surface area contributed by atoms with E-state index in [0.717, 1.165) is 12.0 Å². The number of ether oxygens (including phenoxy) is 3. The van der Waals surface area contributed by atoms with Crippen LogP contribution < -0.4 is 14.8 Å². The molecule has 1 amide bonds. The molecule has 0 saturated heterocycles. The number of hydrogen-bond donors (Lipinski definition) is 2. The third kappa shape index (κ3) is 6.46. The molecule has 1 atom stereocenters. The molecule has 0 aromatic heterocycles. The largest absolute Gasteiger partial charge is 0.493 e. The van der Waals surface area contributed by atoms with Gasteiger partial charge in [-0.15, -0.1) is 0 Å². The fourth-order valence-corrected chi connectivity index (χ4v) is 2.18. The van der Waals surface area contributed by atoms with E-state index in [1.54, 1.807) is 28.1 Å². The Balaban J connectivity index is 2.84. The highest BCUT2D eigenvalue weighted by atomic mass is 16.5. The van der Waals surface area contributed by atoms with Crippen LogP contribution in [0.15, 0.2) is 18.2 Å². The summed E-state index contributed by atoms with van der Waals surface area (Å²) < 4.78 is 16.0. The third-order valence-corrected chi connectivity index (χ3v) is 3.54. The van der Waals surface area contributed by atoms with Gasteiger partial charge >= 0.3 is 0 Å². The van der Waals surface area contributed by atoms with Gasteiger partial charge in [-0.3, -0.25) is 4.79 Å². The molecule has 0 bridgehead atoms. The molecule has 1 aromatic rings. The Morgan fingerprint density at radius 1 is 1.26 bits per heavy atom. The highest BCUT2D eigenvalue weighted by Crippen LogP contribution is 2.29. The van der Waals surface area contributed by atoms with Crippen LogP contribution in [0.5, 0.6) is 11.5 Å². The lowest BCUT2D eigenvalue weighted by atomic mass is 9.92. The summed E-state index contributed by atoms with van der Waals surface area (Å²) in [5.41, 5.74) is -0.0886. The van der Waals surface area contributed by atoms with Crippen LogP contribution in [0.3, 0.4) is 0 Å². The quantitative estimate of drug-likeness (QED) is 0.477. The van der Waals surface area contributed by atoms with E-state index in [0.29, 0.717) is 37.5 Å². The summed E-state index contributed by atoms with van der Waals surface area (Å²) in [6.07, 6.45) is 1.87. The first-order chi connectivity index (χ1) is 10.9. The van der Waals surface area contributed by atoms with E-state index in [2.05, 4.69) is 5.32 Å². The molecule has 1 unspecified atom stereocenters. The molecule has 1 aromatic carbocycles. The summed E-state index contributed by atoms with van der Waals surface area (Å²) in [5, 5.41) is 12.8. The number of aliphatic hydroxyl groups is 1. The second-order valence-corrected chi connectivity index (χ2v) is 5.87. The van der Waals surface area contributed by atoms with Gasteiger partial charge in [-0.2, -0.15) is 0 Å². The van der Waals surface area contributed by atoms with Gasteiger partial charge in [0, 0.05) is 20.1 Å². The number of methoxy groups -OCH3 is 2. The van der Waals surface area contributed by atoms with Gasteiger partial charge in [0.05, 0.1) is 25.4 Å². The molecular formula is C17H27NO5. The molecule has 0 spiro atoms. The second kappa shape index (κ2) is 9.37. The average molecular weight is 325 g/mol. The van der Waals surface area contributed by atoms with Gasteiger partial charge in [0.25, 0.3) is 0 Å². The molecule has 0 aliphatic heterocycles. The maximum atomic E-state index is 10.7. The van der Waals surface area contributed by atoms with Crippen molar-refractivity contribution >= 4 is 6.41 Å². The molecule has 0 heterocycles. The van der Waals surface area contributed by atoms with Gasteiger partial charge in [-0.1, -0.05) is 6.07 Å². The van der Waals surface area contributed by atoms with Crippen molar-refractivity contribution in [2.45, 2.75) is 38.3 Å². The van der Waals surface area contributed by atoms with E-state index in [1.165, 1.54) is 0 Å². The predicted octanol–water partition coefficient (Wildman–Crippen LogP) is 1.54. The van der Waals surface area contributed by atoms with Crippen molar-refractivity contribution in [3.05, 3.63) is 23.8 Å². The first kappa shape index (κ1) is 19.3. The van der Waals surface area contributed by atoms with Crippen molar-refractivity contribution in [2.75, 3.05) is 27.4 Å². The number of hydrogen-bond acceptors (Lipinski definition) is 5. The van der Waals surface area contributed by atoms with Crippen molar-refractivity contribution < 1.29 is 24.1 Å². The van der Waals surface area contributed by atoms with E-state index in [-0.39, 0.29) is 0 Å². The molecule has 0 saturated carbocycles. The van der Waals surface area contributed by atoms with Crippen molar-refractivity contribution in [3.63, 3.8) is 0 Å². The Morgan fingerprint density at radius 3 is 2.57 bits per heavy atom.